The van der Waals surface area contributed by atoms with E-state index in [4.69, 9.17) is 4.74 Å². The number of nitrogens with one attached hydrogen (secondary N) is 1. The summed E-state index contributed by atoms with van der Waals surface area (Å²) < 4.78 is 5.59. The minimum Gasteiger partial charge on any atom is -0.376 e. The number of hydrogen-bond acceptors (Lipinski definition) is 5. The van der Waals surface area contributed by atoms with E-state index in [2.05, 4.69) is 10.3 Å². The molecule has 1 N–H and O–H groups in total. The zero-order valence-corrected chi connectivity index (χ0v) is 14.6. The lowest BCUT2D eigenvalue weighted by Gasteiger charge is -2.24. The predicted octanol–water partition coefficient (Wildman–Crippen LogP) is 3.53. The van der Waals surface area contributed by atoms with Crippen molar-refractivity contribution in [3.8, 4) is 0 Å². The fourth-order valence-corrected chi connectivity index (χ4v) is 3.56. The van der Waals surface area contributed by atoms with Crippen molar-refractivity contribution in [2.75, 3.05) is 18.9 Å². The zero-order valence-electron chi connectivity index (χ0n) is 12.9. The number of carbonyl (C=O) groups excluding carboxylic acids is 1. The van der Waals surface area contributed by atoms with E-state index in [1.165, 1.54) is 0 Å². The third-order valence-corrected chi connectivity index (χ3v) is 5.05. The van der Waals surface area contributed by atoms with Gasteiger partial charge in [0.05, 0.1) is 5.60 Å². The van der Waals surface area contributed by atoms with Crippen molar-refractivity contribution >= 4 is 27.5 Å². The van der Waals surface area contributed by atoms with Crippen LogP contribution in [0.3, 0.4) is 0 Å². The van der Waals surface area contributed by atoms with Crippen LogP contribution in [0.5, 0.6) is 0 Å². The summed E-state index contributed by atoms with van der Waals surface area (Å²) in [6, 6.07) is 5.82. The Morgan fingerprint density at radius 1 is 1.43 bits per heavy atom. The highest BCUT2D eigenvalue weighted by Gasteiger charge is 2.17. The summed E-state index contributed by atoms with van der Waals surface area (Å²) in [6.07, 6.45) is 3.12. The third-order valence-electron chi connectivity index (χ3n) is 2.78. The lowest BCUT2D eigenvalue weighted by atomic mass is 10.1. The molecule has 0 saturated heterocycles. The fourth-order valence-electron chi connectivity index (χ4n) is 1.69. The molecule has 0 aromatic carbocycles. The van der Waals surface area contributed by atoms with Gasteiger partial charge in [0.15, 0.2) is 0 Å². The van der Waals surface area contributed by atoms with E-state index >= 15 is 0 Å². The number of pyridine rings is 1. The van der Waals surface area contributed by atoms with Crippen LogP contribution in [-0.4, -0.2) is 35.4 Å². The Kier molecular flexibility index (Phi) is 8.80. The monoisotopic (exact) mass is 328 g/mol. The Morgan fingerprint density at radius 3 is 2.90 bits per heavy atom. The Bertz CT molecular complexity index is 413. The van der Waals surface area contributed by atoms with Crippen molar-refractivity contribution in [1.82, 2.24) is 10.3 Å². The molecular weight excluding hydrogens is 304 g/mol. The molecule has 4 nitrogen and oxygen atoms in total. The van der Waals surface area contributed by atoms with E-state index in [9.17, 15) is 4.79 Å². The van der Waals surface area contributed by atoms with Crippen LogP contribution in [-0.2, 0) is 9.53 Å². The van der Waals surface area contributed by atoms with Gasteiger partial charge in [0, 0.05) is 31.5 Å². The average molecular weight is 329 g/mol. The summed E-state index contributed by atoms with van der Waals surface area (Å²) in [6.45, 7) is 7.42. The second kappa shape index (κ2) is 10.1. The molecule has 1 rings (SSSR count). The summed E-state index contributed by atoms with van der Waals surface area (Å²) in [4.78, 5) is 15.9. The van der Waals surface area contributed by atoms with Gasteiger partial charge in [-0.15, -0.1) is 0 Å². The SMILES string of the molecule is CCOC(C)(C)CCNC(=O)CCSSc1ccccn1. The number of rotatable bonds is 10. The van der Waals surface area contributed by atoms with Gasteiger partial charge in [-0.1, -0.05) is 16.9 Å². The van der Waals surface area contributed by atoms with Gasteiger partial charge >= 0.3 is 0 Å². The molecule has 6 heteroatoms. The Hall–Kier alpha value is -0.720. The molecule has 118 valence electrons. The summed E-state index contributed by atoms with van der Waals surface area (Å²) in [5.41, 5.74) is -0.175. The molecule has 0 bridgehead atoms. The summed E-state index contributed by atoms with van der Waals surface area (Å²) >= 11 is 0. The summed E-state index contributed by atoms with van der Waals surface area (Å²) in [7, 11) is 3.25. The summed E-state index contributed by atoms with van der Waals surface area (Å²) in [5, 5.41) is 3.91. The molecule has 0 aliphatic heterocycles. The Labute approximate surface area is 135 Å². The van der Waals surface area contributed by atoms with Crippen molar-refractivity contribution in [3.05, 3.63) is 24.4 Å². The van der Waals surface area contributed by atoms with Crippen molar-refractivity contribution in [2.24, 2.45) is 0 Å². The van der Waals surface area contributed by atoms with Gasteiger partial charge < -0.3 is 10.1 Å². The van der Waals surface area contributed by atoms with E-state index in [1.54, 1.807) is 27.8 Å². The third kappa shape index (κ3) is 9.01. The number of nitrogens with zero attached hydrogens (tertiary/aromatic N) is 1. The van der Waals surface area contributed by atoms with E-state index in [0.717, 1.165) is 17.2 Å². The van der Waals surface area contributed by atoms with Crippen LogP contribution in [0.15, 0.2) is 29.4 Å². The summed E-state index contributed by atoms with van der Waals surface area (Å²) in [5.74, 6) is 0.874. The van der Waals surface area contributed by atoms with E-state index in [1.807, 2.05) is 39.0 Å². The van der Waals surface area contributed by atoms with E-state index < -0.39 is 0 Å². The first-order valence-corrected chi connectivity index (χ1v) is 9.46. The molecule has 0 spiro atoms. The first-order valence-electron chi connectivity index (χ1n) is 7.14. The van der Waals surface area contributed by atoms with Gasteiger partial charge in [-0.05, 0) is 50.1 Å². The van der Waals surface area contributed by atoms with Crippen LogP contribution < -0.4 is 5.32 Å². The van der Waals surface area contributed by atoms with Gasteiger partial charge in [0.25, 0.3) is 0 Å². The second-order valence-electron chi connectivity index (χ2n) is 5.12. The molecule has 21 heavy (non-hydrogen) atoms. The van der Waals surface area contributed by atoms with Crippen LogP contribution in [0.25, 0.3) is 0 Å². The lowest BCUT2D eigenvalue weighted by Crippen LogP contribution is -2.32. The predicted molar refractivity (Wildman–Crippen MR) is 90.5 cm³/mol. The maximum absolute atomic E-state index is 11.7. The largest absolute Gasteiger partial charge is 0.376 e. The molecule has 1 aromatic rings. The molecular formula is C15H24N2O2S2. The fraction of sp³-hybridized carbons (Fsp3) is 0.600. The topological polar surface area (TPSA) is 51.2 Å². The van der Waals surface area contributed by atoms with Gasteiger partial charge in [0.1, 0.15) is 5.03 Å². The van der Waals surface area contributed by atoms with E-state index in [-0.39, 0.29) is 11.5 Å². The van der Waals surface area contributed by atoms with Gasteiger partial charge in [-0.25, -0.2) is 4.98 Å². The molecule has 1 aromatic heterocycles. The van der Waals surface area contributed by atoms with Crippen LogP contribution in [0.4, 0.5) is 0 Å². The molecule has 0 aliphatic carbocycles. The minimum atomic E-state index is -0.175. The maximum Gasteiger partial charge on any atom is 0.220 e. The van der Waals surface area contributed by atoms with E-state index in [0.29, 0.717) is 19.6 Å². The number of aromatic nitrogens is 1. The molecule has 0 saturated carbocycles. The quantitative estimate of drug-likeness (QED) is 0.526. The van der Waals surface area contributed by atoms with Crippen LogP contribution in [0.1, 0.15) is 33.6 Å². The molecule has 0 radical (unpaired) electrons. The van der Waals surface area contributed by atoms with Crippen molar-refractivity contribution < 1.29 is 9.53 Å². The highest BCUT2D eigenvalue weighted by Crippen LogP contribution is 2.29. The molecule has 1 heterocycles. The molecule has 0 aliphatic rings. The zero-order chi connectivity index (χ0) is 15.6. The van der Waals surface area contributed by atoms with Crippen molar-refractivity contribution in [3.63, 3.8) is 0 Å². The number of amides is 1. The average Bonchev–Trinajstić information content (AvgIpc) is 2.44. The van der Waals surface area contributed by atoms with Crippen molar-refractivity contribution in [1.29, 1.82) is 0 Å². The number of hydrogen-bond donors (Lipinski definition) is 1. The Morgan fingerprint density at radius 2 is 2.24 bits per heavy atom. The van der Waals surface area contributed by atoms with Gasteiger partial charge in [-0.2, -0.15) is 0 Å². The Balaban J connectivity index is 2.06. The van der Waals surface area contributed by atoms with Crippen molar-refractivity contribution in [2.45, 2.75) is 44.2 Å². The van der Waals surface area contributed by atoms with Gasteiger partial charge in [-0.3, -0.25) is 4.79 Å². The first-order chi connectivity index (χ1) is 10.0. The number of ether oxygens (including phenoxy) is 1. The lowest BCUT2D eigenvalue weighted by molar-refractivity contribution is -0.120. The first kappa shape index (κ1) is 18.3. The van der Waals surface area contributed by atoms with Gasteiger partial charge in [0.2, 0.25) is 5.91 Å². The number of carbonyl (C=O) groups is 1. The standard InChI is InChI=1S/C15H24N2O2S2/c1-4-19-15(2,3)9-11-16-13(18)8-12-20-21-14-7-5-6-10-17-14/h5-7,10H,4,8-9,11-12H2,1-3H3,(H,16,18). The normalized spacial score (nSPS) is 11.4. The van der Waals surface area contributed by atoms with Crippen LogP contribution in [0, 0.1) is 0 Å². The molecule has 0 atom stereocenters. The maximum atomic E-state index is 11.7. The van der Waals surface area contributed by atoms with Crippen LogP contribution in [0.2, 0.25) is 0 Å². The highest BCUT2D eigenvalue weighted by atomic mass is 33.1. The van der Waals surface area contributed by atoms with Crippen LogP contribution >= 0.6 is 21.6 Å². The second-order valence-corrected chi connectivity index (χ2v) is 7.55. The smallest absolute Gasteiger partial charge is 0.220 e. The minimum absolute atomic E-state index is 0.0939. The molecule has 1 amide bonds. The highest BCUT2D eigenvalue weighted by molar-refractivity contribution is 8.76. The molecule has 0 unspecified atom stereocenters. The molecule has 0 fully saturated rings.